The largest absolute Gasteiger partial charge is 0.465 e. The summed E-state index contributed by atoms with van der Waals surface area (Å²) in [6.07, 6.45) is 6.29. The van der Waals surface area contributed by atoms with Crippen molar-refractivity contribution in [1.82, 2.24) is 5.01 Å². The first-order valence-electron chi connectivity index (χ1n) is 10.7. The third-order valence-corrected chi connectivity index (χ3v) is 7.23. The summed E-state index contributed by atoms with van der Waals surface area (Å²) < 4.78 is 6.64. The Kier molecular flexibility index (Phi) is 4.26. The van der Waals surface area contributed by atoms with Gasteiger partial charge < -0.3 is 4.74 Å². The molecule has 0 amide bonds. The van der Waals surface area contributed by atoms with Crippen LogP contribution in [0.2, 0.25) is 10.0 Å². The molecule has 0 aromatic heterocycles. The Bertz CT molecular complexity index is 1180. The minimum Gasteiger partial charge on any atom is -0.465 e. The minimum atomic E-state index is -0.411. The summed E-state index contributed by atoms with van der Waals surface area (Å²) in [5.74, 6) is 0.791. The smallest absolute Gasteiger partial charge is 0.198 e. The van der Waals surface area contributed by atoms with Crippen LogP contribution in [0.3, 0.4) is 0 Å². The Morgan fingerprint density at radius 2 is 1.73 bits per heavy atom. The summed E-state index contributed by atoms with van der Waals surface area (Å²) in [5.41, 5.74) is 2.90. The van der Waals surface area contributed by atoms with Gasteiger partial charge >= 0.3 is 0 Å². The van der Waals surface area contributed by atoms with E-state index in [1.807, 2.05) is 6.07 Å². The molecule has 1 atom stereocenters. The molecule has 0 radical (unpaired) electrons. The molecule has 5 heteroatoms. The van der Waals surface area contributed by atoms with E-state index in [1.54, 1.807) is 6.07 Å². The van der Waals surface area contributed by atoms with E-state index in [0.29, 0.717) is 10.0 Å². The van der Waals surface area contributed by atoms with E-state index in [2.05, 4.69) is 47.5 Å². The average molecular weight is 437 g/mol. The third kappa shape index (κ3) is 2.83. The molecule has 1 saturated carbocycles. The van der Waals surface area contributed by atoms with Crippen molar-refractivity contribution in [3.8, 4) is 5.75 Å². The highest BCUT2D eigenvalue weighted by Crippen LogP contribution is 2.53. The molecule has 1 unspecified atom stereocenters. The summed E-state index contributed by atoms with van der Waals surface area (Å²) in [5, 5.41) is 11.1. The van der Waals surface area contributed by atoms with Gasteiger partial charge in [0.15, 0.2) is 5.72 Å². The number of hydrogen-bond acceptors (Lipinski definition) is 3. The summed E-state index contributed by atoms with van der Waals surface area (Å²) >= 11 is 13.0. The molecule has 3 nitrogen and oxygen atoms in total. The lowest BCUT2D eigenvalue weighted by atomic mass is 9.86. The van der Waals surface area contributed by atoms with Crippen LogP contribution in [-0.2, 0) is 0 Å². The van der Waals surface area contributed by atoms with Crippen LogP contribution in [0.1, 0.15) is 55.7 Å². The third-order valence-electron chi connectivity index (χ3n) is 6.73. The van der Waals surface area contributed by atoms with Crippen LogP contribution < -0.4 is 4.74 Å². The van der Waals surface area contributed by atoms with E-state index in [-0.39, 0.29) is 6.04 Å². The minimum absolute atomic E-state index is 0.101. The SMILES string of the molecule is Clc1cc(Cl)c2c(c1)C1CC(c3ccc4ccccc4c3)=NN1C1(CCCCC1)O2. The van der Waals surface area contributed by atoms with Gasteiger partial charge in [-0.2, -0.15) is 5.10 Å². The van der Waals surface area contributed by atoms with Crippen molar-refractivity contribution < 1.29 is 4.74 Å². The summed E-state index contributed by atoms with van der Waals surface area (Å²) in [6.45, 7) is 0. The molecule has 152 valence electrons. The maximum atomic E-state index is 6.64. The van der Waals surface area contributed by atoms with Gasteiger partial charge in [-0.3, -0.25) is 0 Å². The lowest BCUT2D eigenvalue weighted by molar-refractivity contribution is -0.140. The van der Waals surface area contributed by atoms with Crippen molar-refractivity contribution in [3.05, 3.63) is 75.8 Å². The number of hydrogen-bond donors (Lipinski definition) is 0. The Balaban J connectivity index is 1.47. The van der Waals surface area contributed by atoms with Crippen LogP contribution in [0.15, 0.2) is 59.7 Å². The molecule has 0 N–H and O–H groups in total. The van der Waals surface area contributed by atoms with Gasteiger partial charge in [0.25, 0.3) is 0 Å². The van der Waals surface area contributed by atoms with Gasteiger partial charge in [0, 0.05) is 29.8 Å². The van der Waals surface area contributed by atoms with E-state index in [0.717, 1.165) is 49.1 Å². The Labute approximate surface area is 186 Å². The standard InChI is InChI=1S/C25H22Cl2N2O/c26-19-13-20-23-15-22(18-9-8-16-6-2-3-7-17(16)12-18)28-29(23)25(10-4-1-5-11-25)30-24(20)21(27)14-19/h2-3,6-9,12-14,23H,1,4-5,10-11,15H2. The number of nitrogens with zero attached hydrogens (tertiary/aromatic N) is 2. The van der Waals surface area contributed by atoms with Crippen molar-refractivity contribution in [2.75, 3.05) is 0 Å². The number of rotatable bonds is 1. The van der Waals surface area contributed by atoms with Gasteiger partial charge in [0.1, 0.15) is 5.75 Å². The van der Waals surface area contributed by atoms with E-state index >= 15 is 0 Å². The maximum absolute atomic E-state index is 6.64. The Morgan fingerprint density at radius 1 is 0.933 bits per heavy atom. The van der Waals surface area contributed by atoms with Crippen molar-refractivity contribution >= 4 is 39.7 Å². The van der Waals surface area contributed by atoms with Gasteiger partial charge in [-0.15, -0.1) is 0 Å². The molecule has 3 aromatic carbocycles. The van der Waals surface area contributed by atoms with Crippen molar-refractivity contribution in [2.24, 2.45) is 5.10 Å². The molecule has 0 saturated heterocycles. The number of benzene rings is 3. The first kappa shape index (κ1) is 18.5. The molecule has 1 spiro atoms. The zero-order valence-corrected chi connectivity index (χ0v) is 18.1. The van der Waals surface area contributed by atoms with Crippen LogP contribution in [-0.4, -0.2) is 16.4 Å². The van der Waals surface area contributed by atoms with Gasteiger partial charge in [0.2, 0.25) is 0 Å². The summed E-state index contributed by atoms with van der Waals surface area (Å²) in [4.78, 5) is 0. The van der Waals surface area contributed by atoms with E-state index in [1.165, 1.54) is 22.8 Å². The summed E-state index contributed by atoms with van der Waals surface area (Å²) in [7, 11) is 0. The average Bonchev–Trinajstić information content (AvgIpc) is 3.22. The van der Waals surface area contributed by atoms with Gasteiger partial charge in [-0.1, -0.05) is 66.0 Å². The topological polar surface area (TPSA) is 24.8 Å². The van der Waals surface area contributed by atoms with E-state index in [4.69, 9.17) is 33.0 Å². The molecular weight excluding hydrogens is 415 g/mol. The molecule has 0 bridgehead atoms. The fourth-order valence-electron chi connectivity index (χ4n) is 5.28. The lowest BCUT2D eigenvalue weighted by Crippen LogP contribution is -2.54. The van der Waals surface area contributed by atoms with Crippen molar-refractivity contribution in [1.29, 1.82) is 0 Å². The Morgan fingerprint density at radius 3 is 2.57 bits per heavy atom. The zero-order valence-electron chi connectivity index (χ0n) is 16.6. The second-order valence-corrected chi connectivity index (χ2v) is 9.43. The van der Waals surface area contributed by atoms with Crippen LogP contribution in [0.5, 0.6) is 5.75 Å². The van der Waals surface area contributed by atoms with Crippen LogP contribution in [0.25, 0.3) is 10.8 Å². The number of hydrazone groups is 1. The predicted molar refractivity (Wildman–Crippen MR) is 123 cm³/mol. The monoisotopic (exact) mass is 436 g/mol. The molecule has 2 aliphatic heterocycles. The molecule has 3 aliphatic rings. The van der Waals surface area contributed by atoms with Crippen LogP contribution in [0, 0.1) is 0 Å². The van der Waals surface area contributed by atoms with E-state index < -0.39 is 5.72 Å². The highest BCUT2D eigenvalue weighted by molar-refractivity contribution is 6.35. The zero-order chi connectivity index (χ0) is 20.3. The molecule has 30 heavy (non-hydrogen) atoms. The fourth-order valence-corrected chi connectivity index (χ4v) is 5.83. The van der Waals surface area contributed by atoms with E-state index in [9.17, 15) is 0 Å². The van der Waals surface area contributed by atoms with Crippen molar-refractivity contribution in [2.45, 2.75) is 50.3 Å². The number of ether oxygens (including phenoxy) is 1. The first-order valence-corrected chi connectivity index (χ1v) is 11.4. The lowest BCUT2D eigenvalue weighted by Gasteiger charge is -2.49. The molecule has 1 fully saturated rings. The van der Waals surface area contributed by atoms with Gasteiger partial charge in [-0.05, 0) is 47.4 Å². The number of halogens is 2. The summed E-state index contributed by atoms with van der Waals surface area (Å²) in [6, 6.07) is 18.9. The molecule has 6 rings (SSSR count). The normalized spacial score (nSPS) is 21.9. The van der Waals surface area contributed by atoms with Gasteiger partial charge in [0.05, 0.1) is 16.8 Å². The van der Waals surface area contributed by atoms with Crippen LogP contribution in [0.4, 0.5) is 0 Å². The second-order valence-electron chi connectivity index (χ2n) is 8.59. The molecular formula is C25H22Cl2N2O. The molecule has 2 heterocycles. The second kappa shape index (κ2) is 6.90. The maximum Gasteiger partial charge on any atom is 0.198 e. The highest BCUT2D eigenvalue weighted by atomic mass is 35.5. The molecule has 1 aliphatic carbocycles. The highest BCUT2D eigenvalue weighted by Gasteiger charge is 2.51. The fraction of sp³-hybridized carbons (Fsp3) is 0.320. The van der Waals surface area contributed by atoms with Crippen LogP contribution >= 0.6 is 23.2 Å². The van der Waals surface area contributed by atoms with Gasteiger partial charge in [-0.25, -0.2) is 5.01 Å². The number of fused-ring (bicyclic) bond motifs is 5. The first-order chi connectivity index (χ1) is 14.6. The van der Waals surface area contributed by atoms with Crippen molar-refractivity contribution in [3.63, 3.8) is 0 Å². The quantitative estimate of drug-likeness (QED) is 0.398. The Hall–Kier alpha value is -2.23. The molecule has 3 aromatic rings. The predicted octanol–water partition coefficient (Wildman–Crippen LogP) is 7.35.